The second-order valence-corrected chi connectivity index (χ2v) is 14.0. The van der Waals surface area contributed by atoms with Gasteiger partial charge < -0.3 is 0 Å². The molecule has 0 radical (unpaired) electrons. The first-order valence-corrected chi connectivity index (χ1v) is 11.6. The van der Waals surface area contributed by atoms with Crippen LogP contribution < -0.4 is 0 Å². The zero-order valence-electron chi connectivity index (χ0n) is 11.8. The average Bonchev–Trinajstić information content (AvgIpc) is 3.00. The van der Waals surface area contributed by atoms with Crippen molar-refractivity contribution in [3.05, 3.63) is 30.3 Å². The molecular weight excluding hydrogens is 252 g/mol. The zero-order valence-corrected chi connectivity index (χ0v) is 13.6. The van der Waals surface area contributed by atoms with E-state index in [0.717, 1.165) is 11.8 Å². The lowest BCUT2D eigenvalue weighted by atomic mass is 10.0. The van der Waals surface area contributed by atoms with E-state index in [-0.39, 0.29) is 0 Å². The maximum atomic E-state index is 2.58. The average molecular weight is 277 g/mol. The number of hydrogen-bond donors (Lipinski definition) is 0. The fourth-order valence-electron chi connectivity index (χ4n) is 4.17. The SMILES string of the molecule is C[Si](C)(C)C1(Sc2ccccc2)C2CCCCC21. The summed E-state index contributed by atoms with van der Waals surface area (Å²) in [6.07, 6.45) is 5.94. The highest BCUT2D eigenvalue weighted by Gasteiger charge is 2.70. The smallest absolute Gasteiger partial charge is 0.0638 e. The summed E-state index contributed by atoms with van der Waals surface area (Å²) in [7, 11) is -1.12. The Kier molecular flexibility index (Phi) is 3.14. The van der Waals surface area contributed by atoms with E-state index in [0.29, 0.717) is 4.37 Å². The topological polar surface area (TPSA) is 0 Å². The van der Waals surface area contributed by atoms with Crippen molar-refractivity contribution in [2.45, 2.75) is 54.6 Å². The lowest BCUT2D eigenvalue weighted by Crippen LogP contribution is -2.40. The highest BCUT2D eigenvalue weighted by atomic mass is 32.2. The maximum Gasteiger partial charge on any atom is 0.0638 e. The van der Waals surface area contributed by atoms with Gasteiger partial charge in [0, 0.05) is 9.27 Å². The highest BCUT2D eigenvalue weighted by molar-refractivity contribution is 8.03. The maximum absolute atomic E-state index is 2.58. The highest BCUT2D eigenvalue weighted by Crippen LogP contribution is 2.70. The molecule has 0 N–H and O–H groups in total. The minimum absolute atomic E-state index is 0.644. The van der Waals surface area contributed by atoms with E-state index in [1.54, 1.807) is 0 Å². The summed E-state index contributed by atoms with van der Waals surface area (Å²) in [4.78, 5) is 1.49. The third-order valence-electron chi connectivity index (χ3n) is 4.96. The molecule has 2 saturated carbocycles. The van der Waals surface area contributed by atoms with Gasteiger partial charge in [-0.05, 0) is 36.8 Å². The van der Waals surface area contributed by atoms with E-state index in [2.05, 4.69) is 61.7 Å². The van der Waals surface area contributed by atoms with Gasteiger partial charge in [-0.25, -0.2) is 0 Å². The number of hydrogen-bond acceptors (Lipinski definition) is 1. The first-order chi connectivity index (χ1) is 8.56. The molecule has 0 spiro atoms. The summed E-state index contributed by atoms with van der Waals surface area (Å²) < 4.78 is 0.644. The van der Waals surface area contributed by atoms with Crippen LogP contribution in [-0.4, -0.2) is 12.4 Å². The molecule has 0 heterocycles. The molecule has 2 heteroatoms. The van der Waals surface area contributed by atoms with Crippen molar-refractivity contribution in [2.24, 2.45) is 11.8 Å². The van der Waals surface area contributed by atoms with Crippen molar-refractivity contribution in [1.82, 2.24) is 0 Å². The third kappa shape index (κ3) is 1.89. The Hall–Kier alpha value is -0.213. The molecule has 2 aliphatic carbocycles. The van der Waals surface area contributed by atoms with Crippen molar-refractivity contribution in [3.8, 4) is 0 Å². The molecule has 0 amide bonds. The molecule has 2 atom stereocenters. The summed E-state index contributed by atoms with van der Waals surface area (Å²) in [5.74, 6) is 2.06. The lowest BCUT2D eigenvalue weighted by molar-refractivity contribution is 0.480. The van der Waals surface area contributed by atoms with Crippen LogP contribution in [0.3, 0.4) is 0 Å². The van der Waals surface area contributed by atoms with Gasteiger partial charge in [0.05, 0.1) is 8.07 Å². The van der Waals surface area contributed by atoms with Gasteiger partial charge in [-0.2, -0.15) is 0 Å². The first kappa shape index (κ1) is 12.8. The van der Waals surface area contributed by atoms with Gasteiger partial charge in [0.2, 0.25) is 0 Å². The second kappa shape index (κ2) is 4.41. The summed E-state index contributed by atoms with van der Waals surface area (Å²) in [5.41, 5.74) is 0. The molecule has 1 aromatic rings. The van der Waals surface area contributed by atoms with Crippen molar-refractivity contribution in [1.29, 1.82) is 0 Å². The lowest BCUT2D eigenvalue weighted by Gasteiger charge is -2.31. The predicted molar refractivity (Wildman–Crippen MR) is 83.8 cm³/mol. The molecule has 0 bridgehead atoms. The van der Waals surface area contributed by atoms with Gasteiger partial charge in [0.15, 0.2) is 0 Å². The van der Waals surface area contributed by atoms with Crippen LogP contribution in [0.2, 0.25) is 19.6 Å². The second-order valence-electron chi connectivity index (χ2n) is 6.96. The van der Waals surface area contributed by atoms with E-state index >= 15 is 0 Å². The summed E-state index contributed by atoms with van der Waals surface area (Å²) in [6, 6.07) is 11.1. The molecule has 0 aliphatic heterocycles. The first-order valence-electron chi connectivity index (χ1n) is 7.30. The predicted octanol–water partition coefficient (Wildman–Crippen LogP) is 5.21. The number of fused-ring (bicyclic) bond motifs is 1. The van der Waals surface area contributed by atoms with Gasteiger partial charge >= 0.3 is 0 Å². The molecule has 0 aromatic heterocycles. The molecule has 98 valence electrons. The molecule has 1 aromatic carbocycles. The molecule has 2 aliphatic rings. The Bertz CT molecular complexity index is 408. The fourth-order valence-corrected chi connectivity index (χ4v) is 10.1. The van der Waals surface area contributed by atoms with E-state index < -0.39 is 8.07 Å². The Labute approximate surface area is 117 Å². The monoisotopic (exact) mass is 276 g/mol. The van der Waals surface area contributed by atoms with Crippen LogP contribution in [0.25, 0.3) is 0 Å². The Balaban J connectivity index is 1.89. The molecule has 18 heavy (non-hydrogen) atoms. The van der Waals surface area contributed by atoms with Crippen molar-refractivity contribution >= 4 is 19.8 Å². The van der Waals surface area contributed by atoms with Crippen LogP contribution in [0, 0.1) is 11.8 Å². The summed E-state index contributed by atoms with van der Waals surface area (Å²) >= 11 is 2.23. The molecule has 3 rings (SSSR count). The molecule has 2 unspecified atom stereocenters. The summed E-state index contributed by atoms with van der Waals surface area (Å²) in [5, 5.41) is 0. The normalized spacial score (nSPS) is 35.1. The van der Waals surface area contributed by atoms with Crippen LogP contribution in [0.4, 0.5) is 0 Å². The van der Waals surface area contributed by atoms with Crippen LogP contribution in [0.1, 0.15) is 25.7 Å². The van der Waals surface area contributed by atoms with E-state index in [1.165, 1.54) is 30.6 Å². The number of rotatable bonds is 3. The Morgan fingerprint density at radius 1 is 1.00 bits per heavy atom. The molecular formula is C16H24SSi. The van der Waals surface area contributed by atoms with Gasteiger partial charge in [0.1, 0.15) is 0 Å². The zero-order chi connectivity index (χ0) is 12.8. The van der Waals surface area contributed by atoms with Gasteiger partial charge in [-0.1, -0.05) is 50.7 Å². The van der Waals surface area contributed by atoms with Gasteiger partial charge in [-0.15, -0.1) is 11.8 Å². The minimum atomic E-state index is -1.12. The third-order valence-corrected chi connectivity index (χ3v) is 11.6. The fraction of sp³-hybridized carbons (Fsp3) is 0.625. The summed E-state index contributed by atoms with van der Waals surface area (Å²) in [6.45, 7) is 7.75. The van der Waals surface area contributed by atoms with E-state index in [4.69, 9.17) is 0 Å². The van der Waals surface area contributed by atoms with Gasteiger partial charge in [0.25, 0.3) is 0 Å². The standard InChI is InChI=1S/C16H24SSi/c1-18(2,3)16(14-11-7-8-12-15(14)16)17-13-9-5-4-6-10-13/h4-6,9-10,14-15H,7-8,11-12H2,1-3H3. The minimum Gasteiger partial charge on any atom is -0.122 e. The van der Waals surface area contributed by atoms with Crippen molar-refractivity contribution in [3.63, 3.8) is 0 Å². The van der Waals surface area contributed by atoms with Crippen LogP contribution in [0.5, 0.6) is 0 Å². The van der Waals surface area contributed by atoms with E-state index in [9.17, 15) is 0 Å². The van der Waals surface area contributed by atoms with Crippen LogP contribution >= 0.6 is 11.8 Å². The molecule has 2 fully saturated rings. The molecule has 0 saturated heterocycles. The van der Waals surface area contributed by atoms with Crippen LogP contribution in [0.15, 0.2) is 35.2 Å². The largest absolute Gasteiger partial charge is 0.122 e. The van der Waals surface area contributed by atoms with Crippen LogP contribution in [-0.2, 0) is 0 Å². The van der Waals surface area contributed by atoms with Gasteiger partial charge in [-0.3, -0.25) is 0 Å². The van der Waals surface area contributed by atoms with E-state index in [1.807, 2.05) is 0 Å². The Morgan fingerprint density at radius 2 is 1.56 bits per heavy atom. The molecule has 0 nitrogen and oxygen atoms in total. The quantitative estimate of drug-likeness (QED) is 0.682. The number of thioether (sulfide) groups is 1. The Morgan fingerprint density at radius 3 is 2.06 bits per heavy atom. The number of benzene rings is 1. The van der Waals surface area contributed by atoms with Crippen molar-refractivity contribution in [2.75, 3.05) is 0 Å². The van der Waals surface area contributed by atoms with Crippen molar-refractivity contribution < 1.29 is 0 Å².